The summed E-state index contributed by atoms with van der Waals surface area (Å²) in [5.74, 6) is 1.21. The molecule has 8 nitrogen and oxygen atoms in total. The predicted octanol–water partition coefficient (Wildman–Crippen LogP) is 2.46. The fourth-order valence-corrected chi connectivity index (χ4v) is 2.57. The number of H-pyrrole nitrogens is 1. The standard InChI is InChI=1S/C18H21N5O3/c1-2-4-15-21-17(26-22-15)6-3-5-16(24)20-13-7-9-14(10-8-13)23-12-11-19-18(23)25/h7-12H,2-6H2,1H3,(H,19,25)(H,20,24). The molecule has 0 spiro atoms. The minimum absolute atomic E-state index is 0.0788. The summed E-state index contributed by atoms with van der Waals surface area (Å²) in [5, 5.41) is 6.73. The zero-order valence-corrected chi connectivity index (χ0v) is 14.6. The Morgan fingerprint density at radius 1 is 1.27 bits per heavy atom. The second kappa shape index (κ2) is 8.28. The second-order valence-electron chi connectivity index (χ2n) is 5.94. The minimum atomic E-state index is -0.204. The van der Waals surface area contributed by atoms with Crippen LogP contribution in [0.2, 0.25) is 0 Å². The molecule has 1 aromatic carbocycles. The maximum Gasteiger partial charge on any atom is 0.330 e. The van der Waals surface area contributed by atoms with E-state index in [2.05, 4.69) is 27.4 Å². The number of carbonyl (C=O) groups is 1. The number of hydrogen-bond acceptors (Lipinski definition) is 5. The highest BCUT2D eigenvalue weighted by atomic mass is 16.5. The van der Waals surface area contributed by atoms with E-state index in [0.29, 0.717) is 36.7 Å². The van der Waals surface area contributed by atoms with Gasteiger partial charge in [0, 0.05) is 37.3 Å². The molecule has 3 rings (SSSR count). The fourth-order valence-electron chi connectivity index (χ4n) is 2.57. The van der Waals surface area contributed by atoms with Crippen LogP contribution >= 0.6 is 0 Å². The average molecular weight is 355 g/mol. The molecule has 0 saturated heterocycles. The van der Waals surface area contributed by atoms with Gasteiger partial charge in [0.15, 0.2) is 5.82 Å². The first-order valence-electron chi connectivity index (χ1n) is 8.63. The van der Waals surface area contributed by atoms with E-state index in [1.807, 2.05) is 0 Å². The van der Waals surface area contributed by atoms with Gasteiger partial charge in [-0.2, -0.15) is 4.98 Å². The van der Waals surface area contributed by atoms with E-state index in [4.69, 9.17) is 4.52 Å². The number of amides is 1. The van der Waals surface area contributed by atoms with Crippen LogP contribution < -0.4 is 11.0 Å². The van der Waals surface area contributed by atoms with Crippen molar-refractivity contribution in [1.82, 2.24) is 19.7 Å². The van der Waals surface area contributed by atoms with Gasteiger partial charge in [0.2, 0.25) is 11.8 Å². The van der Waals surface area contributed by atoms with Crippen molar-refractivity contribution in [2.24, 2.45) is 0 Å². The normalized spacial score (nSPS) is 10.8. The molecule has 136 valence electrons. The SMILES string of the molecule is CCCc1noc(CCCC(=O)Nc2ccc(-n3cc[nH]c3=O)cc2)n1. The Morgan fingerprint density at radius 3 is 2.77 bits per heavy atom. The van der Waals surface area contributed by atoms with E-state index >= 15 is 0 Å². The van der Waals surface area contributed by atoms with Crippen molar-refractivity contribution in [3.05, 3.63) is 58.9 Å². The molecule has 0 saturated carbocycles. The van der Waals surface area contributed by atoms with Crippen LogP contribution in [0.4, 0.5) is 5.69 Å². The van der Waals surface area contributed by atoms with Gasteiger partial charge in [-0.05, 0) is 37.1 Å². The number of anilines is 1. The number of benzene rings is 1. The molecule has 0 fully saturated rings. The van der Waals surface area contributed by atoms with Gasteiger partial charge in [-0.25, -0.2) is 4.79 Å². The summed E-state index contributed by atoms with van der Waals surface area (Å²) in [7, 11) is 0. The van der Waals surface area contributed by atoms with Crippen LogP contribution in [0.1, 0.15) is 37.9 Å². The zero-order chi connectivity index (χ0) is 18.4. The molecule has 0 unspecified atom stereocenters. The Bertz CT molecular complexity index is 907. The van der Waals surface area contributed by atoms with E-state index in [1.165, 1.54) is 4.57 Å². The summed E-state index contributed by atoms with van der Waals surface area (Å²) < 4.78 is 6.64. The van der Waals surface area contributed by atoms with Crippen LogP contribution in [0, 0.1) is 0 Å². The van der Waals surface area contributed by atoms with Crippen molar-refractivity contribution in [3.8, 4) is 5.69 Å². The molecule has 0 bridgehead atoms. The van der Waals surface area contributed by atoms with Crippen molar-refractivity contribution in [3.63, 3.8) is 0 Å². The van der Waals surface area contributed by atoms with Gasteiger partial charge in [-0.1, -0.05) is 12.1 Å². The number of aromatic nitrogens is 4. The Hall–Kier alpha value is -3.16. The first kappa shape index (κ1) is 17.7. The van der Waals surface area contributed by atoms with Crippen molar-refractivity contribution in [2.45, 2.75) is 39.0 Å². The fraction of sp³-hybridized carbons (Fsp3) is 0.333. The number of hydrogen-bond donors (Lipinski definition) is 2. The molecule has 0 aliphatic rings. The molecule has 2 aromatic heterocycles. The third-order valence-electron chi connectivity index (χ3n) is 3.86. The first-order chi connectivity index (χ1) is 12.7. The number of aromatic amines is 1. The van der Waals surface area contributed by atoms with Crippen LogP contribution in [0.5, 0.6) is 0 Å². The Labute approximate surface area is 150 Å². The smallest absolute Gasteiger partial charge is 0.330 e. The molecule has 2 N–H and O–H groups in total. The second-order valence-corrected chi connectivity index (χ2v) is 5.94. The molecular formula is C18H21N5O3. The molecule has 1 amide bonds. The molecule has 26 heavy (non-hydrogen) atoms. The summed E-state index contributed by atoms with van der Waals surface area (Å²) in [5.41, 5.74) is 1.21. The maximum atomic E-state index is 12.0. The quantitative estimate of drug-likeness (QED) is 0.646. The Kier molecular flexibility index (Phi) is 5.62. The summed E-state index contributed by atoms with van der Waals surface area (Å²) in [6.45, 7) is 2.06. The lowest BCUT2D eigenvalue weighted by molar-refractivity contribution is -0.116. The molecular weight excluding hydrogens is 334 g/mol. The van der Waals surface area contributed by atoms with Crippen LogP contribution in [-0.4, -0.2) is 25.6 Å². The van der Waals surface area contributed by atoms with Gasteiger partial charge >= 0.3 is 5.69 Å². The molecule has 0 atom stereocenters. The number of nitrogens with one attached hydrogen (secondary N) is 2. The number of aryl methyl sites for hydroxylation is 2. The van der Waals surface area contributed by atoms with Crippen LogP contribution in [-0.2, 0) is 17.6 Å². The van der Waals surface area contributed by atoms with Crippen molar-refractivity contribution in [2.75, 3.05) is 5.32 Å². The topological polar surface area (TPSA) is 106 Å². The first-order valence-corrected chi connectivity index (χ1v) is 8.63. The van der Waals surface area contributed by atoms with E-state index in [0.717, 1.165) is 18.5 Å². The Balaban J connectivity index is 1.47. The van der Waals surface area contributed by atoms with Crippen LogP contribution in [0.15, 0.2) is 46.0 Å². The average Bonchev–Trinajstić information content (AvgIpc) is 3.25. The summed E-state index contributed by atoms with van der Waals surface area (Å²) in [6.07, 6.45) is 6.58. The lowest BCUT2D eigenvalue weighted by Crippen LogP contribution is -2.14. The number of imidazole rings is 1. The largest absolute Gasteiger partial charge is 0.339 e. The lowest BCUT2D eigenvalue weighted by atomic mass is 10.2. The van der Waals surface area contributed by atoms with Crippen molar-refractivity contribution < 1.29 is 9.32 Å². The predicted molar refractivity (Wildman–Crippen MR) is 96.3 cm³/mol. The van der Waals surface area contributed by atoms with E-state index in [-0.39, 0.29) is 11.6 Å². The third-order valence-corrected chi connectivity index (χ3v) is 3.86. The molecule has 8 heteroatoms. The van der Waals surface area contributed by atoms with Crippen LogP contribution in [0.25, 0.3) is 5.69 Å². The van der Waals surface area contributed by atoms with Gasteiger partial charge in [0.1, 0.15) is 0 Å². The number of carbonyl (C=O) groups excluding carboxylic acids is 1. The van der Waals surface area contributed by atoms with Gasteiger partial charge in [-0.3, -0.25) is 9.36 Å². The van der Waals surface area contributed by atoms with E-state index < -0.39 is 0 Å². The number of rotatable bonds is 8. The van der Waals surface area contributed by atoms with Gasteiger partial charge in [-0.15, -0.1) is 0 Å². The van der Waals surface area contributed by atoms with E-state index in [1.54, 1.807) is 36.7 Å². The zero-order valence-electron chi connectivity index (χ0n) is 14.6. The molecule has 3 aromatic rings. The van der Waals surface area contributed by atoms with Gasteiger partial charge in [0.25, 0.3) is 0 Å². The highest BCUT2D eigenvalue weighted by Crippen LogP contribution is 2.13. The molecule has 0 aliphatic carbocycles. The lowest BCUT2D eigenvalue weighted by Gasteiger charge is -2.06. The third kappa shape index (κ3) is 4.47. The summed E-state index contributed by atoms with van der Waals surface area (Å²) >= 11 is 0. The summed E-state index contributed by atoms with van der Waals surface area (Å²) in [6, 6.07) is 7.08. The minimum Gasteiger partial charge on any atom is -0.339 e. The molecule has 0 radical (unpaired) electrons. The van der Waals surface area contributed by atoms with Gasteiger partial charge in [0.05, 0.1) is 5.69 Å². The monoisotopic (exact) mass is 355 g/mol. The summed E-state index contributed by atoms with van der Waals surface area (Å²) in [4.78, 5) is 30.5. The number of nitrogens with zero attached hydrogens (tertiary/aromatic N) is 3. The van der Waals surface area contributed by atoms with Crippen molar-refractivity contribution in [1.29, 1.82) is 0 Å². The highest BCUT2D eigenvalue weighted by molar-refractivity contribution is 5.90. The Morgan fingerprint density at radius 2 is 2.08 bits per heavy atom. The molecule has 2 heterocycles. The van der Waals surface area contributed by atoms with E-state index in [9.17, 15) is 9.59 Å². The molecule has 0 aliphatic heterocycles. The van der Waals surface area contributed by atoms with Crippen molar-refractivity contribution >= 4 is 11.6 Å². The highest BCUT2D eigenvalue weighted by Gasteiger charge is 2.08. The maximum absolute atomic E-state index is 12.0. The van der Waals surface area contributed by atoms with Crippen LogP contribution in [0.3, 0.4) is 0 Å². The van der Waals surface area contributed by atoms with Gasteiger partial charge < -0.3 is 14.8 Å².